The quantitative estimate of drug-likeness (QED) is 0.459. The lowest BCUT2D eigenvalue weighted by Gasteiger charge is -2.07. The Morgan fingerprint density at radius 1 is 1.83 bits per heavy atom. The number of hydrogen-bond acceptors (Lipinski definition) is 5. The van der Waals surface area contributed by atoms with Crippen LogP contribution in [0.15, 0.2) is 9.98 Å². The number of amidine groups is 1. The minimum Gasteiger partial charge on any atom is -0.358 e. The summed E-state index contributed by atoms with van der Waals surface area (Å²) < 4.78 is 0. The molecule has 1 unspecified atom stereocenters. The van der Waals surface area contributed by atoms with Crippen molar-refractivity contribution in [1.82, 2.24) is 0 Å². The van der Waals surface area contributed by atoms with Crippen LogP contribution in [0.3, 0.4) is 0 Å². The van der Waals surface area contributed by atoms with Crippen LogP contribution in [-0.4, -0.2) is 29.2 Å². The zero-order valence-electron chi connectivity index (χ0n) is 6.73. The molecule has 2 N–H and O–H groups in total. The van der Waals surface area contributed by atoms with Crippen LogP contribution >= 0.6 is 0 Å². The molecule has 0 aromatic carbocycles. The lowest BCUT2D eigenvalue weighted by Crippen LogP contribution is -2.22. The second-order valence-electron chi connectivity index (χ2n) is 2.74. The topological polar surface area (TPSA) is 93.9 Å². The molecule has 0 fully saturated rings. The summed E-state index contributed by atoms with van der Waals surface area (Å²) >= 11 is 0. The molecule has 1 aliphatic heterocycles. The highest BCUT2D eigenvalue weighted by Crippen LogP contribution is 2.19. The molecule has 0 aromatic heterocycles. The van der Waals surface area contributed by atoms with E-state index in [1.165, 1.54) is 6.21 Å². The molecule has 1 aliphatic rings. The number of rotatable bonds is 2. The van der Waals surface area contributed by atoms with Gasteiger partial charge in [0.1, 0.15) is 6.21 Å². The van der Waals surface area contributed by atoms with Crippen molar-refractivity contribution >= 4 is 12.1 Å². The standard InChI is InChI=1S/C6H10N4O2/c1-6(2-3-7)8-4-5(9-6)10(11)12/h4H,2-3,7H2,1H3. The smallest absolute Gasteiger partial charge is 0.358 e. The maximum absolute atomic E-state index is 10.2. The SMILES string of the molecule is CC1(CCN)N=CC([N+](=O)[O-])=N1. The summed E-state index contributed by atoms with van der Waals surface area (Å²) in [5, 5.41) is 10.2. The van der Waals surface area contributed by atoms with E-state index >= 15 is 0 Å². The predicted molar refractivity (Wildman–Crippen MR) is 45.0 cm³/mol. The van der Waals surface area contributed by atoms with Gasteiger partial charge in [-0.05, 0) is 16.5 Å². The van der Waals surface area contributed by atoms with Crippen LogP contribution in [-0.2, 0) is 0 Å². The summed E-state index contributed by atoms with van der Waals surface area (Å²) in [4.78, 5) is 17.4. The summed E-state index contributed by atoms with van der Waals surface area (Å²) in [5.41, 5.74) is 4.59. The summed E-state index contributed by atoms with van der Waals surface area (Å²) in [7, 11) is 0. The Labute approximate surface area is 69.3 Å². The molecule has 0 aromatic rings. The van der Waals surface area contributed by atoms with E-state index in [0.717, 1.165) is 0 Å². The number of nitro groups is 1. The Morgan fingerprint density at radius 2 is 2.50 bits per heavy atom. The van der Waals surface area contributed by atoms with Crippen LogP contribution < -0.4 is 5.73 Å². The van der Waals surface area contributed by atoms with Crippen LogP contribution in [0.2, 0.25) is 0 Å². The van der Waals surface area contributed by atoms with Crippen molar-refractivity contribution in [3.05, 3.63) is 10.1 Å². The number of hydrogen-bond donors (Lipinski definition) is 1. The Hall–Kier alpha value is -1.30. The van der Waals surface area contributed by atoms with E-state index in [9.17, 15) is 10.1 Å². The van der Waals surface area contributed by atoms with Crippen molar-refractivity contribution in [1.29, 1.82) is 0 Å². The van der Waals surface area contributed by atoms with E-state index in [2.05, 4.69) is 9.98 Å². The molecule has 1 heterocycles. The highest BCUT2D eigenvalue weighted by molar-refractivity contribution is 6.26. The Balaban J connectivity index is 2.77. The van der Waals surface area contributed by atoms with E-state index in [4.69, 9.17) is 5.73 Å². The Kier molecular flexibility index (Phi) is 2.18. The number of nitrogens with two attached hydrogens (primary N) is 1. The first-order valence-corrected chi connectivity index (χ1v) is 3.57. The second kappa shape index (κ2) is 2.98. The summed E-state index contributed by atoms with van der Waals surface area (Å²) in [6.45, 7) is 2.13. The minimum absolute atomic E-state index is 0.189. The van der Waals surface area contributed by atoms with Crippen molar-refractivity contribution in [2.75, 3.05) is 6.54 Å². The highest BCUT2D eigenvalue weighted by Gasteiger charge is 2.34. The highest BCUT2D eigenvalue weighted by atomic mass is 16.6. The molecule has 1 atom stereocenters. The molecule has 0 radical (unpaired) electrons. The lowest BCUT2D eigenvalue weighted by atomic mass is 10.1. The van der Waals surface area contributed by atoms with Crippen molar-refractivity contribution in [3.63, 3.8) is 0 Å². The van der Waals surface area contributed by atoms with Crippen LogP contribution in [0.4, 0.5) is 0 Å². The van der Waals surface area contributed by atoms with Crippen LogP contribution in [0.5, 0.6) is 0 Å². The average molecular weight is 170 g/mol. The van der Waals surface area contributed by atoms with Gasteiger partial charge >= 0.3 is 5.84 Å². The molecular formula is C6H10N4O2. The van der Waals surface area contributed by atoms with Crippen LogP contribution in [0.1, 0.15) is 13.3 Å². The lowest BCUT2D eigenvalue weighted by molar-refractivity contribution is -0.345. The third-order valence-corrected chi connectivity index (χ3v) is 1.62. The Morgan fingerprint density at radius 3 is 2.92 bits per heavy atom. The largest absolute Gasteiger partial charge is 0.378 e. The molecular weight excluding hydrogens is 160 g/mol. The molecule has 66 valence electrons. The van der Waals surface area contributed by atoms with Gasteiger partial charge in [-0.3, -0.25) is 0 Å². The van der Waals surface area contributed by atoms with E-state index in [1.54, 1.807) is 6.92 Å². The fourth-order valence-corrected chi connectivity index (χ4v) is 0.983. The molecule has 0 saturated heterocycles. The summed E-state index contributed by atoms with van der Waals surface area (Å²) in [6.07, 6.45) is 1.70. The van der Waals surface area contributed by atoms with E-state index in [0.29, 0.717) is 13.0 Å². The zero-order chi connectivity index (χ0) is 9.19. The molecule has 12 heavy (non-hydrogen) atoms. The second-order valence-corrected chi connectivity index (χ2v) is 2.74. The van der Waals surface area contributed by atoms with Crippen LogP contribution in [0, 0.1) is 10.1 Å². The van der Waals surface area contributed by atoms with Crippen molar-refractivity contribution in [2.24, 2.45) is 15.7 Å². The van der Waals surface area contributed by atoms with Gasteiger partial charge in [-0.1, -0.05) is 0 Å². The van der Waals surface area contributed by atoms with Gasteiger partial charge in [0.15, 0.2) is 0 Å². The fraction of sp³-hybridized carbons (Fsp3) is 0.667. The van der Waals surface area contributed by atoms with Crippen molar-refractivity contribution in [2.45, 2.75) is 19.0 Å². The normalized spacial score (nSPS) is 27.3. The molecule has 0 amide bonds. The number of aliphatic imine (C=N–C) groups is 2. The molecule has 0 aliphatic carbocycles. The van der Waals surface area contributed by atoms with E-state index in [1.807, 2.05) is 0 Å². The van der Waals surface area contributed by atoms with Gasteiger partial charge in [0, 0.05) is 13.3 Å². The van der Waals surface area contributed by atoms with Gasteiger partial charge in [0.25, 0.3) is 0 Å². The number of nitrogens with zero attached hydrogens (tertiary/aromatic N) is 3. The molecule has 0 bridgehead atoms. The van der Waals surface area contributed by atoms with Crippen LogP contribution in [0.25, 0.3) is 0 Å². The fourth-order valence-electron chi connectivity index (χ4n) is 0.983. The third-order valence-electron chi connectivity index (χ3n) is 1.62. The molecule has 1 rings (SSSR count). The molecule has 0 spiro atoms. The van der Waals surface area contributed by atoms with Gasteiger partial charge in [0.05, 0.1) is 0 Å². The maximum Gasteiger partial charge on any atom is 0.378 e. The van der Waals surface area contributed by atoms with Gasteiger partial charge in [-0.2, -0.15) is 0 Å². The van der Waals surface area contributed by atoms with Gasteiger partial charge < -0.3 is 15.8 Å². The minimum atomic E-state index is -0.711. The molecule has 6 nitrogen and oxygen atoms in total. The first kappa shape index (κ1) is 8.79. The monoisotopic (exact) mass is 170 g/mol. The van der Waals surface area contributed by atoms with Crippen molar-refractivity contribution in [3.8, 4) is 0 Å². The molecule has 6 heteroatoms. The van der Waals surface area contributed by atoms with E-state index < -0.39 is 10.6 Å². The summed E-state index contributed by atoms with van der Waals surface area (Å²) in [6, 6.07) is 0. The van der Waals surface area contributed by atoms with Gasteiger partial charge in [0.2, 0.25) is 5.66 Å². The zero-order valence-corrected chi connectivity index (χ0v) is 6.73. The maximum atomic E-state index is 10.2. The van der Waals surface area contributed by atoms with Gasteiger partial charge in [-0.15, -0.1) is 0 Å². The summed E-state index contributed by atoms with van der Waals surface area (Å²) in [5.74, 6) is -0.189. The third kappa shape index (κ3) is 1.65. The first-order chi connectivity index (χ1) is 5.57. The van der Waals surface area contributed by atoms with E-state index in [-0.39, 0.29) is 5.84 Å². The average Bonchev–Trinajstić information content (AvgIpc) is 2.33. The predicted octanol–water partition coefficient (Wildman–Crippen LogP) is -0.189. The van der Waals surface area contributed by atoms with Crippen molar-refractivity contribution < 1.29 is 4.92 Å². The van der Waals surface area contributed by atoms with Gasteiger partial charge in [-0.25, -0.2) is 4.99 Å². The molecule has 0 saturated carbocycles. The Bertz CT molecular complexity index is 260. The first-order valence-electron chi connectivity index (χ1n) is 3.57.